The van der Waals surface area contributed by atoms with E-state index in [0.717, 1.165) is 0 Å². The quantitative estimate of drug-likeness (QED) is 0.359. The van der Waals surface area contributed by atoms with Crippen LogP contribution in [0.5, 0.6) is 0 Å². The molecule has 18 heavy (non-hydrogen) atoms. The molecule has 0 saturated heterocycles. The Balaban J connectivity index is 0.00000162. The summed E-state index contributed by atoms with van der Waals surface area (Å²) < 4.78 is 28.2. The van der Waals surface area contributed by atoms with E-state index in [2.05, 4.69) is 4.98 Å². The van der Waals surface area contributed by atoms with Gasteiger partial charge in [-0.1, -0.05) is 6.07 Å². The van der Waals surface area contributed by atoms with Crippen LogP contribution in [0.1, 0.15) is 17.5 Å². The number of carbonyl (C=O) groups excluding carboxylic acids is 1. The molecule has 6 nitrogen and oxygen atoms in total. The monoisotopic (exact) mass is 276 g/mol. The van der Waals surface area contributed by atoms with Gasteiger partial charge in [-0.3, -0.25) is 8.61 Å². The van der Waals surface area contributed by atoms with Crippen molar-refractivity contribution in [1.29, 1.82) is 0 Å². The van der Waals surface area contributed by atoms with Crippen LogP contribution < -0.4 is 29.6 Å². The number of ether oxygens (including phenoxy) is 1. The smallest absolute Gasteiger partial charge is 0.767 e. The molecule has 0 bridgehead atoms. The summed E-state index contributed by atoms with van der Waals surface area (Å²) in [6.45, 7) is 1.87. The minimum absolute atomic E-state index is 0. The predicted molar refractivity (Wildman–Crippen MR) is 58.3 cm³/mol. The van der Waals surface area contributed by atoms with E-state index in [1.165, 1.54) is 4.40 Å². The van der Waals surface area contributed by atoms with Gasteiger partial charge in [-0.05, 0) is 30.1 Å². The van der Waals surface area contributed by atoms with Crippen LogP contribution in [0.3, 0.4) is 0 Å². The molecule has 0 aliphatic rings. The van der Waals surface area contributed by atoms with Crippen molar-refractivity contribution in [2.24, 2.45) is 0 Å². The molecular formula is C10H9N2NaO4S. The predicted octanol–water partition coefficient (Wildman–Crippen LogP) is -2.25. The number of rotatable bonds is 3. The number of nitrogens with zero attached hydrogens (tertiary/aromatic N) is 2. The van der Waals surface area contributed by atoms with Gasteiger partial charge in [0.2, 0.25) is 5.82 Å². The Hall–Kier alpha value is -0.730. The second-order valence-electron chi connectivity index (χ2n) is 3.15. The Bertz CT molecular complexity index is 599. The molecule has 0 radical (unpaired) electrons. The first-order chi connectivity index (χ1) is 8.15. The Kier molecular flexibility index (Phi) is 5.48. The van der Waals surface area contributed by atoms with E-state index in [0.29, 0.717) is 5.52 Å². The van der Waals surface area contributed by atoms with Crippen LogP contribution in [-0.4, -0.2) is 30.7 Å². The summed E-state index contributed by atoms with van der Waals surface area (Å²) in [7, 11) is 0. The Morgan fingerprint density at radius 2 is 2.28 bits per heavy atom. The topological polar surface area (TPSA) is 83.7 Å². The second kappa shape index (κ2) is 6.44. The Morgan fingerprint density at radius 1 is 1.56 bits per heavy atom. The van der Waals surface area contributed by atoms with Gasteiger partial charge in [0.25, 0.3) is 0 Å². The Morgan fingerprint density at radius 3 is 2.89 bits per heavy atom. The van der Waals surface area contributed by atoms with Crippen molar-refractivity contribution in [3.05, 3.63) is 30.2 Å². The van der Waals surface area contributed by atoms with Gasteiger partial charge in [0, 0.05) is 6.20 Å². The van der Waals surface area contributed by atoms with Crippen molar-refractivity contribution >= 4 is 22.6 Å². The summed E-state index contributed by atoms with van der Waals surface area (Å²) in [6, 6.07) is 4.91. The average Bonchev–Trinajstić information content (AvgIpc) is 2.69. The SMILES string of the molecule is CCOC(=O)c1nc(S(=O)[O-])c2ccccn12.[Na+]. The van der Waals surface area contributed by atoms with Gasteiger partial charge in [-0.2, -0.15) is 0 Å². The number of pyridine rings is 1. The van der Waals surface area contributed by atoms with Crippen molar-refractivity contribution < 1.29 is 47.9 Å². The number of aromatic nitrogens is 2. The summed E-state index contributed by atoms with van der Waals surface area (Å²) in [4.78, 5) is 15.4. The van der Waals surface area contributed by atoms with Gasteiger partial charge in [-0.15, -0.1) is 0 Å². The molecule has 0 spiro atoms. The summed E-state index contributed by atoms with van der Waals surface area (Å²) in [6.07, 6.45) is 1.56. The fourth-order valence-electron chi connectivity index (χ4n) is 1.47. The maximum atomic E-state index is 11.6. The van der Waals surface area contributed by atoms with Crippen LogP contribution in [0.25, 0.3) is 5.52 Å². The molecule has 0 aliphatic carbocycles. The largest absolute Gasteiger partial charge is 1.00 e. The maximum absolute atomic E-state index is 11.6. The van der Waals surface area contributed by atoms with Gasteiger partial charge in [-0.25, -0.2) is 9.78 Å². The molecular weight excluding hydrogens is 267 g/mol. The van der Waals surface area contributed by atoms with E-state index in [1.54, 1.807) is 31.3 Å². The van der Waals surface area contributed by atoms with Crippen LogP contribution in [0.2, 0.25) is 0 Å². The summed E-state index contributed by atoms with van der Waals surface area (Å²) >= 11 is -2.49. The third-order valence-corrected chi connectivity index (χ3v) is 2.75. The zero-order chi connectivity index (χ0) is 12.4. The zero-order valence-electron chi connectivity index (χ0n) is 9.95. The fourth-order valence-corrected chi connectivity index (χ4v) is 1.97. The molecule has 0 amide bonds. The first-order valence-electron chi connectivity index (χ1n) is 4.88. The zero-order valence-corrected chi connectivity index (χ0v) is 12.8. The van der Waals surface area contributed by atoms with Crippen LogP contribution in [0.15, 0.2) is 29.4 Å². The first-order valence-corrected chi connectivity index (χ1v) is 5.96. The molecule has 8 heteroatoms. The maximum Gasteiger partial charge on any atom is 1.00 e. The van der Waals surface area contributed by atoms with E-state index >= 15 is 0 Å². The minimum Gasteiger partial charge on any atom is -0.767 e. The number of esters is 1. The second-order valence-corrected chi connectivity index (χ2v) is 4.01. The van der Waals surface area contributed by atoms with Gasteiger partial charge in [0.1, 0.15) is 5.03 Å². The molecule has 1 atom stereocenters. The molecule has 1 unspecified atom stereocenters. The van der Waals surface area contributed by atoms with Crippen molar-refractivity contribution in [3.63, 3.8) is 0 Å². The molecule has 2 rings (SSSR count). The number of hydrogen-bond acceptors (Lipinski definition) is 5. The first kappa shape index (κ1) is 15.3. The fraction of sp³-hybridized carbons (Fsp3) is 0.200. The third-order valence-electron chi connectivity index (χ3n) is 2.13. The van der Waals surface area contributed by atoms with Gasteiger partial charge >= 0.3 is 35.5 Å². The molecule has 0 aromatic carbocycles. The number of fused-ring (bicyclic) bond motifs is 1. The van der Waals surface area contributed by atoms with E-state index < -0.39 is 17.0 Å². The third kappa shape index (κ3) is 2.81. The molecule has 90 valence electrons. The van der Waals surface area contributed by atoms with E-state index in [-0.39, 0.29) is 47.0 Å². The molecule has 0 aliphatic heterocycles. The Labute approximate surface area is 128 Å². The van der Waals surface area contributed by atoms with E-state index in [9.17, 15) is 13.6 Å². The number of carbonyl (C=O) groups is 1. The molecule has 0 fully saturated rings. The van der Waals surface area contributed by atoms with Crippen molar-refractivity contribution in [1.82, 2.24) is 9.38 Å². The van der Waals surface area contributed by atoms with Gasteiger partial charge < -0.3 is 9.29 Å². The van der Waals surface area contributed by atoms with Crippen LogP contribution >= 0.6 is 0 Å². The van der Waals surface area contributed by atoms with Gasteiger partial charge in [0.05, 0.1) is 12.1 Å². The van der Waals surface area contributed by atoms with Crippen molar-refractivity contribution in [2.45, 2.75) is 11.9 Å². The number of imidazole rings is 1. The summed E-state index contributed by atoms with van der Waals surface area (Å²) in [5.74, 6) is -0.688. The van der Waals surface area contributed by atoms with Crippen LogP contribution in [0.4, 0.5) is 0 Å². The minimum atomic E-state index is -2.49. The van der Waals surface area contributed by atoms with Crippen molar-refractivity contribution in [3.8, 4) is 0 Å². The summed E-state index contributed by atoms with van der Waals surface area (Å²) in [5.41, 5.74) is 0.351. The van der Waals surface area contributed by atoms with E-state index in [4.69, 9.17) is 4.74 Å². The molecule has 2 aromatic rings. The standard InChI is InChI=1S/C10H10N2O4S.Na/c1-2-16-10(13)8-11-9(17(14)15)7-5-3-4-6-12(7)8;/h3-6H,2H2,1H3,(H,14,15);/q;+1/p-1. The van der Waals surface area contributed by atoms with Crippen LogP contribution in [-0.2, 0) is 15.8 Å². The van der Waals surface area contributed by atoms with Crippen molar-refractivity contribution in [2.75, 3.05) is 6.61 Å². The van der Waals surface area contributed by atoms with Crippen LogP contribution in [0, 0.1) is 0 Å². The molecule has 0 saturated carbocycles. The van der Waals surface area contributed by atoms with E-state index in [1.807, 2.05) is 0 Å². The molecule has 2 heterocycles. The summed E-state index contributed by atoms with van der Waals surface area (Å²) in [5, 5.41) is -0.159. The normalized spacial score (nSPS) is 11.9. The number of hydrogen-bond donors (Lipinski definition) is 0. The molecule has 2 aromatic heterocycles. The average molecular weight is 276 g/mol. The molecule has 0 N–H and O–H groups in total. The van der Waals surface area contributed by atoms with Gasteiger partial charge in [0.15, 0.2) is 0 Å².